The van der Waals surface area contributed by atoms with Gasteiger partial charge in [-0.05, 0) is 0 Å². The molecule has 2 aliphatic heterocycles. The van der Waals surface area contributed by atoms with Gasteiger partial charge in [-0.15, -0.1) is 0 Å². The molecule has 0 aromatic carbocycles. The number of ether oxygens (including phenoxy) is 3. The van der Waals surface area contributed by atoms with Crippen LogP contribution in [0.25, 0.3) is 0 Å². The van der Waals surface area contributed by atoms with Gasteiger partial charge in [0.15, 0.2) is 18.7 Å². The first kappa shape index (κ1) is 19.8. The molecule has 142 valence electrons. The second-order valence-electron chi connectivity index (χ2n) is 5.65. The lowest BCUT2D eigenvalue weighted by Gasteiger charge is -2.42. The van der Waals surface area contributed by atoms with Gasteiger partial charge in [-0.1, -0.05) is 0 Å². The number of hydrogen-bond donors (Lipinski definition) is 8. The molecule has 0 aliphatic carbocycles. The van der Waals surface area contributed by atoms with Crippen molar-refractivity contribution in [1.82, 2.24) is 0 Å². The molecule has 0 spiro atoms. The summed E-state index contributed by atoms with van der Waals surface area (Å²) in [5.41, 5.74) is 0. The SMILES string of the molecule is OC[C@H]1O[C@@H](OC[C@H]2O[C@@H](O)[C@H](O)[C@@H](O)[C@H]2O)[C@H](O)[C@@H](OO)[C@H]1O. The Morgan fingerprint density at radius 3 is 2.00 bits per heavy atom. The van der Waals surface area contributed by atoms with E-state index in [2.05, 4.69) is 4.89 Å². The third kappa shape index (κ3) is 3.85. The zero-order valence-electron chi connectivity index (χ0n) is 12.4. The standard InChI is InChI=1S/C12H22O12/c13-1-3-6(15)10(24-20)9(18)12(23-3)21-2-4-5(14)7(16)8(17)11(19)22-4/h3-20H,1-2H2/t3-,4-,5+,6+,7+,8-,9-,10+,11-,12-/m1/s1. The van der Waals surface area contributed by atoms with Gasteiger partial charge in [0, 0.05) is 0 Å². The smallest absolute Gasteiger partial charge is 0.186 e. The lowest BCUT2D eigenvalue weighted by molar-refractivity contribution is -0.381. The number of aliphatic hydroxyl groups excluding tert-OH is 7. The summed E-state index contributed by atoms with van der Waals surface area (Å²) in [4.78, 5) is 3.97. The first-order chi connectivity index (χ1) is 11.3. The average molecular weight is 358 g/mol. The molecule has 0 aromatic rings. The van der Waals surface area contributed by atoms with Gasteiger partial charge >= 0.3 is 0 Å². The minimum absolute atomic E-state index is 0.490. The largest absolute Gasteiger partial charge is 0.394 e. The molecule has 12 nitrogen and oxygen atoms in total. The first-order valence-electron chi connectivity index (χ1n) is 7.23. The normalized spacial score (nSPS) is 50.0. The van der Waals surface area contributed by atoms with Crippen molar-refractivity contribution in [2.75, 3.05) is 13.2 Å². The van der Waals surface area contributed by atoms with Crippen molar-refractivity contribution in [3.8, 4) is 0 Å². The molecule has 0 aromatic heterocycles. The van der Waals surface area contributed by atoms with Gasteiger partial charge in [0.25, 0.3) is 0 Å². The maximum absolute atomic E-state index is 9.94. The van der Waals surface area contributed by atoms with Gasteiger partial charge in [0.1, 0.15) is 42.7 Å². The lowest BCUT2D eigenvalue weighted by atomic mass is 9.98. The van der Waals surface area contributed by atoms with Crippen LogP contribution < -0.4 is 0 Å². The van der Waals surface area contributed by atoms with E-state index in [0.717, 1.165) is 0 Å². The molecular formula is C12H22O12. The topological polar surface area (TPSA) is 199 Å². The highest BCUT2D eigenvalue weighted by Crippen LogP contribution is 2.25. The molecule has 24 heavy (non-hydrogen) atoms. The van der Waals surface area contributed by atoms with Gasteiger partial charge in [-0.25, -0.2) is 4.89 Å². The van der Waals surface area contributed by atoms with E-state index in [-0.39, 0.29) is 0 Å². The van der Waals surface area contributed by atoms with Crippen LogP contribution in [0.5, 0.6) is 0 Å². The van der Waals surface area contributed by atoms with E-state index < -0.39 is 74.6 Å². The van der Waals surface area contributed by atoms with Crippen molar-refractivity contribution in [3.63, 3.8) is 0 Å². The molecule has 10 atom stereocenters. The zero-order valence-corrected chi connectivity index (χ0v) is 12.4. The van der Waals surface area contributed by atoms with E-state index in [9.17, 15) is 30.6 Å². The third-order valence-corrected chi connectivity index (χ3v) is 4.06. The Morgan fingerprint density at radius 2 is 1.42 bits per heavy atom. The maximum atomic E-state index is 9.94. The van der Waals surface area contributed by atoms with Crippen molar-refractivity contribution < 1.29 is 60.1 Å². The van der Waals surface area contributed by atoms with Crippen LogP contribution in [0, 0.1) is 0 Å². The van der Waals surface area contributed by atoms with Crippen LogP contribution in [0.2, 0.25) is 0 Å². The minimum atomic E-state index is -1.75. The van der Waals surface area contributed by atoms with Crippen molar-refractivity contribution in [3.05, 3.63) is 0 Å². The molecule has 2 rings (SSSR count). The van der Waals surface area contributed by atoms with Crippen LogP contribution in [0.15, 0.2) is 0 Å². The highest BCUT2D eigenvalue weighted by Gasteiger charge is 2.48. The fraction of sp³-hybridized carbons (Fsp3) is 1.00. The second-order valence-corrected chi connectivity index (χ2v) is 5.65. The molecule has 0 radical (unpaired) electrons. The summed E-state index contributed by atoms with van der Waals surface area (Å²) in [6.07, 6.45) is -15.4. The molecular weight excluding hydrogens is 336 g/mol. The molecule has 8 N–H and O–H groups in total. The molecule has 2 aliphatic rings. The van der Waals surface area contributed by atoms with Crippen molar-refractivity contribution >= 4 is 0 Å². The lowest BCUT2D eigenvalue weighted by Crippen LogP contribution is -2.61. The molecule has 12 heteroatoms. The molecule has 0 amide bonds. The second kappa shape index (κ2) is 8.27. The average Bonchev–Trinajstić information content (AvgIpc) is 2.57. The summed E-state index contributed by atoms with van der Waals surface area (Å²) in [6.45, 7) is -1.14. The Morgan fingerprint density at radius 1 is 0.750 bits per heavy atom. The van der Waals surface area contributed by atoms with Crippen molar-refractivity contribution in [2.45, 2.75) is 61.4 Å². The van der Waals surface area contributed by atoms with Gasteiger partial charge in [-0.2, -0.15) is 0 Å². The summed E-state index contributed by atoms with van der Waals surface area (Å²) in [5.74, 6) is 0. The molecule has 0 bridgehead atoms. The molecule has 2 saturated heterocycles. The first-order valence-corrected chi connectivity index (χ1v) is 7.23. The van der Waals surface area contributed by atoms with Gasteiger partial charge in [-0.3, -0.25) is 5.26 Å². The van der Waals surface area contributed by atoms with E-state index in [4.69, 9.17) is 24.6 Å². The Labute approximate surface area is 135 Å². The Balaban J connectivity index is 1.97. The van der Waals surface area contributed by atoms with E-state index in [1.54, 1.807) is 0 Å². The monoisotopic (exact) mass is 358 g/mol. The van der Waals surface area contributed by atoms with E-state index in [1.165, 1.54) is 0 Å². The number of hydrogen-bond acceptors (Lipinski definition) is 12. The fourth-order valence-electron chi connectivity index (χ4n) is 2.57. The third-order valence-electron chi connectivity index (χ3n) is 4.06. The summed E-state index contributed by atoms with van der Waals surface area (Å²) in [7, 11) is 0. The Hall–Kier alpha value is -0.480. The van der Waals surface area contributed by atoms with Gasteiger partial charge < -0.3 is 50.0 Å². The number of rotatable bonds is 5. The molecule has 2 fully saturated rings. The van der Waals surface area contributed by atoms with Crippen molar-refractivity contribution in [2.24, 2.45) is 0 Å². The van der Waals surface area contributed by atoms with E-state index in [0.29, 0.717) is 0 Å². The molecule has 2 heterocycles. The van der Waals surface area contributed by atoms with Crippen LogP contribution in [0.3, 0.4) is 0 Å². The predicted molar refractivity (Wildman–Crippen MR) is 70.1 cm³/mol. The minimum Gasteiger partial charge on any atom is -0.394 e. The van der Waals surface area contributed by atoms with Crippen LogP contribution in [-0.2, 0) is 19.1 Å². The van der Waals surface area contributed by atoms with E-state index >= 15 is 0 Å². The van der Waals surface area contributed by atoms with E-state index in [1.807, 2.05) is 0 Å². The summed E-state index contributed by atoms with van der Waals surface area (Å²) >= 11 is 0. The summed E-state index contributed by atoms with van der Waals surface area (Å²) < 4.78 is 15.2. The van der Waals surface area contributed by atoms with Gasteiger partial charge in [0.05, 0.1) is 13.2 Å². The van der Waals surface area contributed by atoms with Gasteiger partial charge in [0.2, 0.25) is 0 Å². The summed E-state index contributed by atoms with van der Waals surface area (Å²) in [6, 6.07) is 0. The highest BCUT2D eigenvalue weighted by molar-refractivity contribution is 4.91. The zero-order chi connectivity index (χ0) is 18.0. The highest BCUT2D eigenvalue weighted by atomic mass is 17.1. The number of aliphatic hydroxyl groups is 7. The Kier molecular flexibility index (Phi) is 6.83. The maximum Gasteiger partial charge on any atom is 0.186 e. The van der Waals surface area contributed by atoms with Crippen LogP contribution >= 0.6 is 0 Å². The molecule has 0 saturated carbocycles. The summed E-state index contributed by atoms with van der Waals surface area (Å²) in [5, 5.41) is 75.7. The van der Waals surface area contributed by atoms with Crippen LogP contribution in [-0.4, -0.2) is 116 Å². The van der Waals surface area contributed by atoms with Crippen LogP contribution in [0.1, 0.15) is 0 Å². The van der Waals surface area contributed by atoms with Crippen LogP contribution in [0.4, 0.5) is 0 Å². The predicted octanol–water partition coefficient (Wildman–Crippen LogP) is -4.90. The fourth-order valence-corrected chi connectivity index (χ4v) is 2.57. The quantitative estimate of drug-likeness (QED) is 0.172. The van der Waals surface area contributed by atoms with Crippen molar-refractivity contribution in [1.29, 1.82) is 0 Å². The molecule has 0 unspecified atom stereocenters. The Bertz CT molecular complexity index is 396.